The van der Waals surface area contributed by atoms with Crippen LogP contribution in [0.2, 0.25) is 0 Å². The van der Waals surface area contributed by atoms with Crippen molar-refractivity contribution in [1.82, 2.24) is 0 Å². The summed E-state index contributed by atoms with van der Waals surface area (Å²) >= 11 is 0. The molecule has 0 aliphatic carbocycles. The predicted molar refractivity (Wildman–Crippen MR) is 103 cm³/mol. The van der Waals surface area contributed by atoms with Crippen LogP contribution in [0.25, 0.3) is 0 Å². The second kappa shape index (κ2) is 12.7. The number of carbonyl (C=O) groups excluding carboxylic acids is 2. The van der Waals surface area contributed by atoms with E-state index in [0.29, 0.717) is 0 Å². The number of carbonyl (C=O) groups is 2. The molecule has 0 aromatic carbocycles. The molecule has 39 heavy (non-hydrogen) atoms. The zero-order valence-corrected chi connectivity index (χ0v) is 23.0. The topological polar surface area (TPSA) is 80.3 Å². The molecule has 0 aliphatic rings. The third-order valence-corrected chi connectivity index (χ3v) is 4.12. The van der Waals surface area contributed by atoms with Crippen molar-refractivity contribution in [2.24, 2.45) is 10.8 Å². The molecule has 0 unspecified atom stereocenters. The summed E-state index contributed by atoms with van der Waals surface area (Å²) in [6, 6.07) is 0. The zero-order chi connectivity index (χ0) is 31.7. The Hall–Kier alpha value is -1.30. The first-order chi connectivity index (χ1) is 16.1. The molecule has 0 saturated carbocycles. The fourth-order valence-electron chi connectivity index (χ4n) is 1.52. The van der Waals surface area contributed by atoms with Crippen LogP contribution in [0.5, 0.6) is 0 Å². The molecule has 0 bridgehead atoms. The van der Waals surface area contributed by atoms with Crippen molar-refractivity contribution in [3.8, 4) is 0 Å². The van der Waals surface area contributed by atoms with Crippen molar-refractivity contribution in [1.29, 1.82) is 0 Å². The fourth-order valence-corrected chi connectivity index (χ4v) is 1.52. The molecule has 0 spiro atoms. The number of halogens is 14. The van der Waals surface area contributed by atoms with Gasteiger partial charge in [-0.1, -0.05) is 41.5 Å². The molecular weight excluding hydrogens is 610 g/mol. The van der Waals surface area contributed by atoms with Crippen LogP contribution in [0.15, 0.2) is 23.7 Å². The van der Waals surface area contributed by atoms with Crippen LogP contribution < -0.4 is 10.2 Å². The predicted octanol–water partition coefficient (Wildman–Crippen LogP) is 4.98. The molecule has 0 radical (unpaired) electrons. The summed E-state index contributed by atoms with van der Waals surface area (Å²) in [6.45, 7) is 7.08. The third-order valence-electron chi connectivity index (χ3n) is 4.12. The summed E-state index contributed by atoms with van der Waals surface area (Å²) in [7, 11) is 0. The maximum Gasteiger partial charge on any atom is 2.00 e. The van der Waals surface area contributed by atoms with Crippen LogP contribution in [0, 0.1) is 10.8 Å². The SMILES string of the molecule is CC(C)(C)/C([O-])=C/C(=O)C(F)(F)C(F)(F)C(F)(F)F.CC(C)(C)/C([O-])=C/C(=O)C(F)(F)C(F)(F)C(F)(F)F.[Ca+2]. The van der Waals surface area contributed by atoms with Gasteiger partial charge in [0, 0.05) is 0 Å². The molecule has 224 valence electrons. The zero-order valence-electron chi connectivity index (χ0n) is 20.8. The minimum Gasteiger partial charge on any atom is -0.875 e. The Labute approximate surface area is 242 Å². The smallest absolute Gasteiger partial charge is 0.875 e. The first kappa shape index (κ1) is 42.2. The van der Waals surface area contributed by atoms with Gasteiger partial charge in [0.2, 0.25) is 11.6 Å². The van der Waals surface area contributed by atoms with Crippen molar-refractivity contribution in [2.45, 2.75) is 77.6 Å². The average Bonchev–Trinajstić information content (AvgIpc) is 2.64. The Kier molecular flexibility index (Phi) is 13.7. The van der Waals surface area contributed by atoms with Gasteiger partial charge in [0.05, 0.1) is 0 Å². The van der Waals surface area contributed by atoms with Gasteiger partial charge >= 0.3 is 73.8 Å². The average molecular weight is 630 g/mol. The molecule has 0 N–H and O–H groups in total. The Balaban J connectivity index is -0.000000648. The fraction of sp³-hybridized carbons (Fsp3) is 0.700. The molecule has 0 aromatic rings. The second-order valence-electron chi connectivity index (χ2n) is 9.54. The molecule has 0 fully saturated rings. The monoisotopic (exact) mass is 630 g/mol. The quantitative estimate of drug-likeness (QED) is 0.180. The molecule has 0 aromatic heterocycles. The molecule has 19 heteroatoms. The molecule has 0 aliphatic heterocycles. The van der Waals surface area contributed by atoms with Crippen molar-refractivity contribution in [3.63, 3.8) is 0 Å². The van der Waals surface area contributed by atoms with Crippen molar-refractivity contribution < 1.29 is 81.3 Å². The van der Waals surface area contributed by atoms with E-state index < -0.39 is 82.1 Å². The van der Waals surface area contributed by atoms with Crippen LogP contribution in [-0.2, 0) is 9.59 Å². The third kappa shape index (κ3) is 9.93. The van der Waals surface area contributed by atoms with Crippen molar-refractivity contribution in [2.75, 3.05) is 0 Å². The van der Waals surface area contributed by atoms with E-state index in [1.54, 1.807) is 0 Å². The van der Waals surface area contributed by atoms with Crippen LogP contribution >= 0.6 is 0 Å². The Morgan fingerprint density at radius 3 is 0.795 bits per heavy atom. The summed E-state index contributed by atoms with van der Waals surface area (Å²) in [4.78, 5) is 21.6. The molecule has 4 nitrogen and oxygen atoms in total. The molecule has 0 amide bonds. The number of ketones is 2. The van der Waals surface area contributed by atoms with E-state index in [2.05, 4.69) is 0 Å². The number of allylic oxidation sites excluding steroid dienone is 4. The van der Waals surface area contributed by atoms with Crippen LogP contribution in [0.1, 0.15) is 41.5 Å². The number of hydrogen-bond donors (Lipinski definition) is 0. The van der Waals surface area contributed by atoms with Crippen molar-refractivity contribution in [3.05, 3.63) is 23.7 Å². The van der Waals surface area contributed by atoms with E-state index in [1.807, 2.05) is 0 Å². The largest absolute Gasteiger partial charge is 2.00 e. The normalized spacial score (nSPS) is 15.2. The van der Waals surface area contributed by atoms with Gasteiger partial charge in [0.1, 0.15) is 0 Å². The summed E-state index contributed by atoms with van der Waals surface area (Å²) < 4.78 is 172. The van der Waals surface area contributed by atoms with E-state index in [9.17, 15) is 81.3 Å². The van der Waals surface area contributed by atoms with E-state index in [0.717, 1.165) is 0 Å². The van der Waals surface area contributed by atoms with Crippen LogP contribution in [0.4, 0.5) is 61.5 Å². The van der Waals surface area contributed by atoms with Gasteiger partial charge in [-0.15, -0.1) is 11.5 Å². The summed E-state index contributed by atoms with van der Waals surface area (Å²) in [5.74, 6) is -33.5. The van der Waals surface area contributed by atoms with Gasteiger partial charge in [-0.2, -0.15) is 61.5 Å². The Bertz CT molecular complexity index is 858. The van der Waals surface area contributed by atoms with E-state index in [-0.39, 0.29) is 37.7 Å². The molecule has 0 rings (SSSR count). The van der Waals surface area contributed by atoms with Gasteiger partial charge in [-0.25, -0.2) is 0 Å². The second-order valence-corrected chi connectivity index (χ2v) is 9.54. The van der Waals surface area contributed by atoms with Gasteiger partial charge in [-0.05, 0) is 23.0 Å². The van der Waals surface area contributed by atoms with E-state index >= 15 is 0 Å². The number of rotatable bonds is 6. The number of hydrogen-bond acceptors (Lipinski definition) is 4. The van der Waals surface area contributed by atoms with Crippen LogP contribution in [-0.4, -0.2) is 85.3 Å². The minimum atomic E-state index is -6.61. The Morgan fingerprint density at radius 2 is 0.667 bits per heavy atom. The molecule has 0 saturated heterocycles. The van der Waals surface area contributed by atoms with Gasteiger partial charge in [-0.3, -0.25) is 9.59 Å². The molecule has 0 atom stereocenters. The van der Waals surface area contributed by atoms with Crippen LogP contribution in [0.3, 0.4) is 0 Å². The first-order valence-electron chi connectivity index (χ1n) is 9.62. The van der Waals surface area contributed by atoms with E-state index in [1.165, 1.54) is 41.5 Å². The molecule has 0 heterocycles. The van der Waals surface area contributed by atoms with Gasteiger partial charge < -0.3 is 10.2 Å². The maximum atomic E-state index is 12.8. The van der Waals surface area contributed by atoms with Gasteiger partial charge in [0.15, 0.2) is 0 Å². The summed E-state index contributed by atoms with van der Waals surface area (Å²) in [5.41, 5.74) is -2.72. The standard InChI is InChI=1S/2C10H11F7O2.Ca/c2*1-7(2,3)5(18)4-6(19)8(11,12)9(13,14)10(15,16)17;/h2*4,18H,1-3H3;/q;;+2/p-2/b2*5-4-;. The summed E-state index contributed by atoms with van der Waals surface area (Å²) in [6.07, 6.45) is -14.1. The first-order valence-corrected chi connectivity index (χ1v) is 9.62. The summed E-state index contributed by atoms with van der Waals surface area (Å²) in [5, 5.41) is 22.3. The van der Waals surface area contributed by atoms with E-state index in [4.69, 9.17) is 0 Å². The van der Waals surface area contributed by atoms with Crippen molar-refractivity contribution >= 4 is 49.3 Å². The minimum absolute atomic E-state index is 0. The molecular formula is C20H20CaF14O4. The van der Waals surface area contributed by atoms with Gasteiger partial charge in [0.25, 0.3) is 0 Å². The number of alkyl halides is 14. The maximum absolute atomic E-state index is 12.8. The Morgan fingerprint density at radius 1 is 0.487 bits per heavy atom.